The number of dihydropyridines is 1. The Labute approximate surface area is 229 Å². The van der Waals surface area contributed by atoms with Crippen LogP contribution >= 0.6 is 0 Å². The van der Waals surface area contributed by atoms with Crippen LogP contribution in [0.25, 0.3) is 0 Å². The molecule has 12 nitrogen and oxygen atoms in total. The number of nitrogens with zero attached hydrogens (tertiary/aromatic N) is 2. The van der Waals surface area contributed by atoms with Gasteiger partial charge in [0.1, 0.15) is 30.5 Å². The summed E-state index contributed by atoms with van der Waals surface area (Å²) in [6.45, 7) is 3.20. The molecule has 3 aliphatic rings. The van der Waals surface area contributed by atoms with Crippen LogP contribution in [0.15, 0.2) is 76.5 Å². The monoisotopic (exact) mass is 549 g/mol. The molecule has 2 aliphatic heterocycles. The predicted octanol–water partition coefficient (Wildman–Crippen LogP) is 2.32. The highest BCUT2D eigenvalue weighted by Crippen LogP contribution is 2.42. The van der Waals surface area contributed by atoms with Gasteiger partial charge in [0.2, 0.25) is 0 Å². The molecule has 0 aromatic heterocycles. The first-order chi connectivity index (χ1) is 19.2. The Morgan fingerprint density at radius 1 is 1.10 bits per heavy atom. The third-order valence-corrected chi connectivity index (χ3v) is 6.78. The second-order valence-corrected chi connectivity index (χ2v) is 9.15. The normalized spacial score (nSPS) is 20.2. The first-order valence-corrected chi connectivity index (χ1v) is 12.4. The lowest BCUT2D eigenvalue weighted by molar-refractivity contribution is -0.421. The van der Waals surface area contributed by atoms with E-state index in [-0.39, 0.29) is 54.4 Å². The molecule has 1 aromatic rings. The molecule has 2 unspecified atom stereocenters. The highest BCUT2D eigenvalue weighted by atomic mass is 16.6. The van der Waals surface area contributed by atoms with Crippen molar-refractivity contribution < 1.29 is 38.3 Å². The Morgan fingerprint density at radius 3 is 2.38 bits per heavy atom. The van der Waals surface area contributed by atoms with Crippen LogP contribution in [0.2, 0.25) is 0 Å². The molecule has 0 spiro atoms. The van der Waals surface area contributed by atoms with E-state index in [9.17, 15) is 29.3 Å². The van der Waals surface area contributed by atoms with Gasteiger partial charge >= 0.3 is 5.97 Å². The van der Waals surface area contributed by atoms with E-state index in [0.29, 0.717) is 11.4 Å². The highest BCUT2D eigenvalue weighted by molar-refractivity contribution is 6.21. The van der Waals surface area contributed by atoms with Gasteiger partial charge in [0, 0.05) is 24.8 Å². The summed E-state index contributed by atoms with van der Waals surface area (Å²) < 4.78 is 16.5. The Hall–Kier alpha value is -4.80. The smallest absolute Gasteiger partial charge is 0.336 e. The first-order valence-electron chi connectivity index (χ1n) is 12.4. The lowest BCUT2D eigenvalue weighted by atomic mass is 9.75. The molecule has 2 amide bonds. The average Bonchev–Trinajstić information content (AvgIpc) is 3.18. The largest absolute Gasteiger partial charge is 0.493 e. The fraction of sp³-hybridized carbons (Fsp3) is 0.321. The number of allylic oxidation sites excluding steroid dienone is 7. The minimum Gasteiger partial charge on any atom is -0.493 e. The number of rotatable bonds is 10. The second kappa shape index (κ2) is 11.9. The fourth-order valence-corrected chi connectivity index (χ4v) is 4.99. The Morgan fingerprint density at radius 2 is 1.77 bits per heavy atom. The number of esters is 1. The van der Waals surface area contributed by atoms with Gasteiger partial charge in [-0.2, -0.15) is 0 Å². The number of hydrogen-bond donors (Lipinski definition) is 1. The molecule has 40 heavy (non-hydrogen) atoms. The maximum Gasteiger partial charge on any atom is 0.336 e. The van der Waals surface area contributed by atoms with Crippen molar-refractivity contribution in [3.63, 3.8) is 0 Å². The van der Waals surface area contributed by atoms with Gasteiger partial charge in [0.25, 0.3) is 17.5 Å². The van der Waals surface area contributed by atoms with Crippen LogP contribution < -0.4 is 5.32 Å². The van der Waals surface area contributed by atoms with Gasteiger partial charge < -0.3 is 19.5 Å². The number of ether oxygens (including phenoxy) is 3. The SMILES string of the molecule is COCCOC1=C(C)NC(C)=C(C(=O)OCCN2C(=O)c3ccccc3C2=O)C1C1C=CC=C([N+](=O)[O-])C1=C=O. The molecule has 1 aromatic carbocycles. The van der Waals surface area contributed by atoms with E-state index >= 15 is 0 Å². The molecule has 4 rings (SSSR count). The van der Waals surface area contributed by atoms with Gasteiger partial charge in [-0.25, -0.2) is 9.59 Å². The first kappa shape index (κ1) is 28.2. The molecule has 1 aliphatic carbocycles. The Balaban J connectivity index is 1.60. The second-order valence-electron chi connectivity index (χ2n) is 9.15. The number of nitrogens with one attached hydrogen (secondary N) is 1. The van der Waals surface area contributed by atoms with E-state index in [1.54, 1.807) is 50.1 Å². The molecular formula is C28H27N3O9. The van der Waals surface area contributed by atoms with Gasteiger partial charge in [-0.3, -0.25) is 24.6 Å². The summed E-state index contributed by atoms with van der Waals surface area (Å²) in [6, 6.07) is 6.42. The van der Waals surface area contributed by atoms with Crippen LogP contribution in [-0.4, -0.2) is 67.0 Å². The van der Waals surface area contributed by atoms with E-state index in [0.717, 1.165) is 4.90 Å². The lowest BCUT2D eigenvalue weighted by Crippen LogP contribution is -2.38. The van der Waals surface area contributed by atoms with Crippen LogP contribution in [0, 0.1) is 22.0 Å². The van der Waals surface area contributed by atoms with Crippen molar-refractivity contribution in [2.75, 3.05) is 33.5 Å². The number of fused-ring (bicyclic) bond motifs is 1. The predicted molar refractivity (Wildman–Crippen MR) is 140 cm³/mol. The zero-order valence-electron chi connectivity index (χ0n) is 22.1. The number of carbonyl (C=O) groups is 3. The molecule has 208 valence electrons. The number of carbonyl (C=O) groups excluding carboxylic acids is 4. The number of methoxy groups -OCH3 is 1. The maximum atomic E-state index is 13.5. The summed E-state index contributed by atoms with van der Waals surface area (Å²) >= 11 is 0. The number of imide groups is 1. The van der Waals surface area contributed by atoms with Crippen molar-refractivity contribution >= 4 is 23.7 Å². The average molecular weight is 550 g/mol. The van der Waals surface area contributed by atoms with Crippen molar-refractivity contribution in [2.45, 2.75) is 13.8 Å². The van der Waals surface area contributed by atoms with Crippen molar-refractivity contribution in [2.24, 2.45) is 11.8 Å². The van der Waals surface area contributed by atoms with Crippen molar-refractivity contribution in [3.8, 4) is 0 Å². The van der Waals surface area contributed by atoms with Gasteiger partial charge in [-0.1, -0.05) is 24.3 Å². The minimum atomic E-state index is -0.971. The van der Waals surface area contributed by atoms with Gasteiger partial charge in [0.15, 0.2) is 0 Å². The van der Waals surface area contributed by atoms with Crippen LogP contribution in [0.3, 0.4) is 0 Å². The molecule has 0 radical (unpaired) electrons. The van der Waals surface area contributed by atoms with E-state index in [1.807, 2.05) is 0 Å². The number of nitro groups is 1. The third kappa shape index (κ3) is 5.22. The highest BCUT2D eigenvalue weighted by Gasteiger charge is 2.44. The number of amides is 2. The van der Waals surface area contributed by atoms with Crippen molar-refractivity contribution in [1.29, 1.82) is 0 Å². The molecule has 0 fully saturated rings. The van der Waals surface area contributed by atoms with Crippen LogP contribution in [0.1, 0.15) is 34.6 Å². The van der Waals surface area contributed by atoms with Crippen LogP contribution in [0.5, 0.6) is 0 Å². The molecule has 0 saturated carbocycles. The minimum absolute atomic E-state index is 0.0763. The molecule has 2 heterocycles. The lowest BCUT2D eigenvalue weighted by Gasteiger charge is -2.35. The zero-order valence-corrected chi connectivity index (χ0v) is 22.1. The standard InChI is InChI=1S/C28H27N3O9/c1-16-23(28(35)40-12-11-30-26(33)19-7-4-5-8-20(19)27(30)34)24(25(17(2)29-16)39-14-13-38-3)18-9-6-10-22(31(36)37)21(18)15-32/h4-10,18,24,29H,11-14H2,1-3H3. The summed E-state index contributed by atoms with van der Waals surface area (Å²) in [6.07, 6.45) is 4.19. The Kier molecular flexibility index (Phi) is 8.42. The van der Waals surface area contributed by atoms with E-state index in [1.165, 1.54) is 19.3 Å². The molecule has 12 heteroatoms. The maximum absolute atomic E-state index is 13.5. The fourth-order valence-electron chi connectivity index (χ4n) is 4.99. The summed E-state index contributed by atoms with van der Waals surface area (Å²) in [5.74, 6) is -1.74. The van der Waals surface area contributed by atoms with Gasteiger partial charge in [-0.05, 0) is 26.0 Å². The summed E-state index contributed by atoms with van der Waals surface area (Å²) in [4.78, 5) is 62.8. The number of benzene rings is 1. The summed E-state index contributed by atoms with van der Waals surface area (Å²) in [7, 11) is 1.49. The molecule has 0 bridgehead atoms. The quantitative estimate of drug-likeness (QED) is 0.115. The van der Waals surface area contributed by atoms with E-state index in [2.05, 4.69) is 5.32 Å². The zero-order chi connectivity index (χ0) is 29.0. The molecule has 1 N–H and O–H groups in total. The van der Waals surface area contributed by atoms with Crippen molar-refractivity contribution in [1.82, 2.24) is 10.2 Å². The van der Waals surface area contributed by atoms with E-state index in [4.69, 9.17) is 14.2 Å². The summed E-state index contributed by atoms with van der Waals surface area (Å²) in [5.41, 5.74) is 0.876. The van der Waals surface area contributed by atoms with Crippen molar-refractivity contribution in [3.05, 3.63) is 97.7 Å². The van der Waals surface area contributed by atoms with Gasteiger partial charge in [-0.15, -0.1) is 0 Å². The van der Waals surface area contributed by atoms with E-state index < -0.39 is 40.2 Å². The van der Waals surface area contributed by atoms with Crippen LogP contribution in [0.4, 0.5) is 0 Å². The Bertz CT molecular complexity index is 1410. The molecule has 0 saturated heterocycles. The topological polar surface area (TPSA) is 154 Å². The van der Waals surface area contributed by atoms with Crippen LogP contribution in [-0.2, 0) is 23.8 Å². The number of hydrogen-bond acceptors (Lipinski definition) is 10. The summed E-state index contributed by atoms with van der Waals surface area (Å²) in [5, 5.41) is 14.7. The third-order valence-electron chi connectivity index (χ3n) is 6.78. The van der Waals surface area contributed by atoms with Gasteiger partial charge in [0.05, 0.1) is 46.4 Å². The molecular weight excluding hydrogens is 522 g/mol. The molecule has 2 atom stereocenters.